The first kappa shape index (κ1) is 12.1. The summed E-state index contributed by atoms with van der Waals surface area (Å²) in [5.74, 6) is 1.53. The van der Waals surface area contributed by atoms with Crippen LogP contribution >= 0.6 is 11.6 Å². The number of aliphatic imine (C=N–C) groups is 1. The minimum atomic E-state index is 0.281. The molecule has 3 nitrogen and oxygen atoms in total. The number of hydrogen-bond donors (Lipinski definition) is 0. The smallest absolute Gasteiger partial charge is 0.231 e. The van der Waals surface area contributed by atoms with Crippen molar-refractivity contribution in [1.82, 2.24) is 0 Å². The Hall–Kier alpha value is -2.00. The summed E-state index contributed by atoms with van der Waals surface area (Å²) in [6.45, 7) is 2.25. The van der Waals surface area contributed by atoms with Crippen LogP contribution in [-0.4, -0.2) is 13.0 Å². The molecule has 0 amide bonds. The van der Waals surface area contributed by atoms with Crippen molar-refractivity contribution in [2.45, 2.75) is 6.92 Å². The third-order valence-corrected chi connectivity index (χ3v) is 3.32. The van der Waals surface area contributed by atoms with E-state index in [1.54, 1.807) is 6.21 Å². The molecule has 2 aromatic carbocycles. The Bertz CT molecular complexity index is 653. The number of nitrogens with zero attached hydrogens (tertiary/aromatic N) is 1. The first-order valence-corrected chi connectivity index (χ1v) is 6.30. The van der Waals surface area contributed by atoms with Crippen LogP contribution in [0.25, 0.3) is 0 Å². The molecule has 0 aromatic heterocycles. The molecule has 3 rings (SSSR count). The molecule has 0 unspecified atom stereocenters. The maximum Gasteiger partial charge on any atom is 0.231 e. The standard InChI is InChI=1S/C15H12ClNO2/c1-10-2-4-12(7-13(10)16)17-8-11-3-5-14-15(6-11)19-9-18-14/h2-8H,9H2,1H3. The zero-order valence-electron chi connectivity index (χ0n) is 10.4. The van der Waals surface area contributed by atoms with E-state index in [0.717, 1.165) is 33.3 Å². The molecule has 1 aliphatic rings. The van der Waals surface area contributed by atoms with Gasteiger partial charge in [0.15, 0.2) is 11.5 Å². The van der Waals surface area contributed by atoms with E-state index in [-0.39, 0.29) is 6.79 Å². The molecule has 0 spiro atoms. The van der Waals surface area contributed by atoms with Crippen LogP contribution in [0.5, 0.6) is 11.5 Å². The Balaban J connectivity index is 1.84. The molecule has 0 saturated carbocycles. The average molecular weight is 274 g/mol. The summed E-state index contributed by atoms with van der Waals surface area (Å²) in [7, 11) is 0. The number of hydrogen-bond acceptors (Lipinski definition) is 3. The molecular formula is C15H12ClNO2. The van der Waals surface area contributed by atoms with E-state index in [1.165, 1.54) is 0 Å². The van der Waals surface area contributed by atoms with Gasteiger partial charge in [-0.3, -0.25) is 4.99 Å². The van der Waals surface area contributed by atoms with Gasteiger partial charge in [-0.15, -0.1) is 0 Å². The van der Waals surface area contributed by atoms with Gasteiger partial charge in [-0.25, -0.2) is 0 Å². The number of benzene rings is 2. The van der Waals surface area contributed by atoms with Crippen molar-refractivity contribution < 1.29 is 9.47 Å². The highest BCUT2D eigenvalue weighted by atomic mass is 35.5. The quantitative estimate of drug-likeness (QED) is 0.771. The maximum absolute atomic E-state index is 6.06. The van der Waals surface area contributed by atoms with Gasteiger partial charge >= 0.3 is 0 Å². The second kappa shape index (κ2) is 4.94. The van der Waals surface area contributed by atoms with E-state index in [0.29, 0.717) is 0 Å². The minimum Gasteiger partial charge on any atom is -0.454 e. The van der Waals surface area contributed by atoms with Gasteiger partial charge < -0.3 is 9.47 Å². The van der Waals surface area contributed by atoms with Crippen molar-refractivity contribution in [1.29, 1.82) is 0 Å². The molecule has 0 N–H and O–H groups in total. The molecule has 19 heavy (non-hydrogen) atoms. The van der Waals surface area contributed by atoms with Crippen LogP contribution in [0.15, 0.2) is 41.4 Å². The molecule has 1 aliphatic heterocycles. The third-order valence-electron chi connectivity index (χ3n) is 2.91. The fraction of sp³-hybridized carbons (Fsp3) is 0.133. The van der Waals surface area contributed by atoms with Crippen LogP contribution in [0.1, 0.15) is 11.1 Å². The summed E-state index contributed by atoms with van der Waals surface area (Å²) >= 11 is 6.06. The Labute approximate surface area is 116 Å². The lowest BCUT2D eigenvalue weighted by Crippen LogP contribution is -1.92. The van der Waals surface area contributed by atoms with Gasteiger partial charge in [0.25, 0.3) is 0 Å². The van der Waals surface area contributed by atoms with E-state index in [1.807, 2.05) is 43.3 Å². The largest absolute Gasteiger partial charge is 0.454 e. The highest BCUT2D eigenvalue weighted by molar-refractivity contribution is 6.31. The number of rotatable bonds is 2. The van der Waals surface area contributed by atoms with Gasteiger partial charge in [-0.2, -0.15) is 0 Å². The van der Waals surface area contributed by atoms with Crippen LogP contribution in [0, 0.1) is 6.92 Å². The van der Waals surface area contributed by atoms with E-state index < -0.39 is 0 Å². The molecule has 0 radical (unpaired) electrons. The molecule has 96 valence electrons. The molecule has 2 aromatic rings. The average Bonchev–Trinajstić information content (AvgIpc) is 2.87. The Morgan fingerprint density at radius 1 is 1.11 bits per heavy atom. The van der Waals surface area contributed by atoms with Crippen molar-refractivity contribution in [3.05, 3.63) is 52.5 Å². The van der Waals surface area contributed by atoms with Crippen LogP contribution < -0.4 is 9.47 Å². The van der Waals surface area contributed by atoms with Gasteiger partial charge in [-0.05, 0) is 48.4 Å². The van der Waals surface area contributed by atoms with E-state index in [9.17, 15) is 0 Å². The molecule has 0 saturated heterocycles. The maximum atomic E-state index is 6.06. The van der Waals surface area contributed by atoms with Gasteiger partial charge in [-0.1, -0.05) is 17.7 Å². The second-order valence-electron chi connectivity index (χ2n) is 4.30. The fourth-order valence-corrected chi connectivity index (χ4v) is 1.98. The lowest BCUT2D eigenvalue weighted by Gasteiger charge is -2.00. The Morgan fingerprint density at radius 2 is 1.95 bits per heavy atom. The van der Waals surface area contributed by atoms with Crippen molar-refractivity contribution in [2.75, 3.05) is 6.79 Å². The summed E-state index contributed by atoms with van der Waals surface area (Å²) in [6.07, 6.45) is 1.78. The monoisotopic (exact) mass is 273 g/mol. The zero-order valence-corrected chi connectivity index (χ0v) is 11.1. The molecule has 4 heteroatoms. The predicted octanol–water partition coefficient (Wildman–Crippen LogP) is 4.13. The first-order chi connectivity index (χ1) is 9.22. The third kappa shape index (κ3) is 2.56. The van der Waals surface area contributed by atoms with Crippen molar-refractivity contribution >= 4 is 23.5 Å². The predicted molar refractivity (Wildman–Crippen MR) is 76.0 cm³/mol. The zero-order chi connectivity index (χ0) is 13.2. The second-order valence-corrected chi connectivity index (χ2v) is 4.71. The molecular weight excluding hydrogens is 262 g/mol. The SMILES string of the molecule is Cc1ccc(N=Cc2ccc3c(c2)OCO3)cc1Cl. The van der Waals surface area contributed by atoms with Gasteiger partial charge in [0.2, 0.25) is 6.79 Å². The highest BCUT2D eigenvalue weighted by Gasteiger charge is 2.12. The van der Waals surface area contributed by atoms with Gasteiger partial charge in [0, 0.05) is 11.2 Å². The summed E-state index contributed by atoms with van der Waals surface area (Å²) in [5.41, 5.74) is 2.83. The number of ether oxygens (including phenoxy) is 2. The van der Waals surface area contributed by atoms with E-state index >= 15 is 0 Å². The summed E-state index contributed by atoms with van der Waals surface area (Å²) in [5, 5.41) is 0.723. The van der Waals surface area contributed by atoms with E-state index in [2.05, 4.69) is 4.99 Å². The van der Waals surface area contributed by atoms with Crippen LogP contribution in [0.2, 0.25) is 5.02 Å². The first-order valence-electron chi connectivity index (χ1n) is 5.92. The highest BCUT2D eigenvalue weighted by Crippen LogP contribution is 2.32. The fourth-order valence-electron chi connectivity index (χ4n) is 1.80. The van der Waals surface area contributed by atoms with Gasteiger partial charge in [0.05, 0.1) is 5.69 Å². The van der Waals surface area contributed by atoms with Crippen LogP contribution in [0.4, 0.5) is 5.69 Å². The lowest BCUT2D eigenvalue weighted by molar-refractivity contribution is 0.174. The van der Waals surface area contributed by atoms with Crippen molar-refractivity contribution in [3.63, 3.8) is 0 Å². The number of aryl methyl sites for hydroxylation is 1. The lowest BCUT2D eigenvalue weighted by atomic mass is 10.2. The van der Waals surface area contributed by atoms with Crippen LogP contribution in [0.3, 0.4) is 0 Å². The summed E-state index contributed by atoms with van der Waals surface area (Å²) in [4.78, 5) is 4.40. The Kier molecular flexibility index (Phi) is 3.13. The van der Waals surface area contributed by atoms with Crippen molar-refractivity contribution in [3.8, 4) is 11.5 Å². The molecule has 0 fully saturated rings. The molecule has 1 heterocycles. The molecule has 0 aliphatic carbocycles. The van der Waals surface area contributed by atoms with E-state index in [4.69, 9.17) is 21.1 Å². The van der Waals surface area contributed by atoms with Gasteiger partial charge in [0.1, 0.15) is 0 Å². The molecule has 0 atom stereocenters. The minimum absolute atomic E-state index is 0.281. The topological polar surface area (TPSA) is 30.8 Å². The summed E-state index contributed by atoms with van der Waals surface area (Å²) in [6, 6.07) is 11.5. The number of halogens is 1. The summed E-state index contributed by atoms with van der Waals surface area (Å²) < 4.78 is 10.6. The van der Waals surface area contributed by atoms with Crippen molar-refractivity contribution in [2.24, 2.45) is 4.99 Å². The molecule has 0 bridgehead atoms. The van der Waals surface area contributed by atoms with Crippen LogP contribution in [-0.2, 0) is 0 Å². The number of fused-ring (bicyclic) bond motifs is 1. The Morgan fingerprint density at radius 3 is 2.79 bits per heavy atom. The normalized spacial score (nSPS) is 13.2.